The van der Waals surface area contributed by atoms with E-state index in [0.717, 1.165) is 32.2 Å². The van der Waals surface area contributed by atoms with Crippen LogP contribution >= 0.6 is 0 Å². The molecule has 3 heterocycles. The van der Waals surface area contributed by atoms with Crippen molar-refractivity contribution in [2.45, 2.75) is 70.0 Å². The van der Waals surface area contributed by atoms with Crippen molar-refractivity contribution in [2.24, 2.45) is 11.8 Å². The van der Waals surface area contributed by atoms with Gasteiger partial charge in [-0.15, -0.1) is 0 Å². The predicted molar refractivity (Wildman–Crippen MR) is 126 cm³/mol. The molecule has 2 aromatic heterocycles. The van der Waals surface area contributed by atoms with E-state index >= 15 is 0 Å². The Kier molecular flexibility index (Phi) is 6.35. The number of amides is 1. The normalized spacial score (nSPS) is 24.6. The van der Waals surface area contributed by atoms with Gasteiger partial charge in [-0.1, -0.05) is 19.9 Å². The summed E-state index contributed by atoms with van der Waals surface area (Å²) < 4.78 is 34.1. The molecule has 1 amide bonds. The van der Waals surface area contributed by atoms with Gasteiger partial charge in [-0.05, 0) is 69.6 Å². The van der Waals surface area contributed by atoms with Gasteiger partial charge in [0.25, 0.3) is 15.9 Å². The van der Waals surface area contributed by atoms with Crippen molar-refractivity contribution < 1.29 is 17.9 Å². The third-order valence-electron chi connectivity index (χ3n) is 6.62. The summed E-state index contributed by atoms with van der Waals surface area (Å²) in [7, 11) is -4.19. The minimum Gasteiger partial charge on any atom is -0.474 e. The highest BCUT2D eigenvalue weighted by molar-refractivity contribution is 7.90. The van der Waals surface area contributed by atoms with E-state index in [1.54, 1.807) is 30.5 Å². The number of sulfonamides is 1. The van der Waals surface area contributed by atoms with E-state index in [2.05, 4.69) is 47.3 Å². The molecule has 0 aromatic carbocycles. The minimum atomic E-state index is -4.19. The molecule has 1 saturated heterocycles. The van der Waals surface area contributed by atoms with Crippen LogP contribution in [-0.2, 0) is 10.0 Å². The third kappa shape index (κ3) is 4.98. The number of nitrogens with zero attached hydrogens (tertiary/aromatic N) is 3. The Morgan fingerprint density at radius 1 is 1.18 bits per heavy atom. The number of hydrogen-bond acceptors (Lipinski definition) is 7. The number of anilines is 1. The molecule has 1 unspecified atom stereocenters. The maximum absolute atomic E-state index is 13.1. The highest BCUT2D eigenvalue weighted by Crippen LogP contribution is 2.37. The molecule has 3 atom stereocenters. The second-order valence-electron chi connectivity index (χ2n) is 9.92. The van der Waals surface area contributed by atoms with Gasteiger partial charge in [0.15, 0.2) is 5.03 Å². The Balaban J connectivity index is 1.55. The lowest BCUT2D eigenvalue weighted by atomic mass is 9.97. The summed E-state index contributed by atoms with van der Waals surface area (Å²) in [5, 5.41) is -0.250. The average Bonchev–Trinajstić information content (AvgIpc) is 3.28. The monoisotopic (exact) mass is 472 g/mol. The summed E-state index contributed by atoms with van der Waals surface area (Å²) in [5.74, 6) is 0.842. The Morgan fingerprint density at radius 2 is 1.97 bits per heavy atom. The molecule has 1 aliphatic carbocycles. The van der Waals surface area contributed by atoms with Crippen LogP contribution in [0.4, 0.5) is 5.82 Å². The van der Waals surface area contributed by atoms with Crippen LogP contribution in [0.1, 0.15) is 63.7 Å². The average molecular weight is 473 g/mol. The maximum atomic E-state index is 13.1. The quantitative estimate of drug-likeness (QED) is 0.682. The van der Waals surface area contributed by atoms with E-state index in [-0.39, 0.29) is 28.1 Å². The first kappa shape index (κ1) is 23.5. The highest BCUT2D eigenvalue weighted by Gasteiger charge is 2.39. The van der Waals surface area contributed by atoms with E-state index in [1.807, 2.05) is 0 Å². The number of ether oxygens (including phenoxy) is 1. The van der Waals surface area contributed by atoms with Gasteiger partial charge in [0.2, 0.25) is 5.88 Å². The van der Waals surface area contributed by atoms with Crippen molar-refractivity contribution in [1.29, 1.82) is 0 Å². The summed E-state index contributed by atoms with van der Waals surface area (Å²) in [6, 6.07) is 7.80. The van der Waals surface area contributed by atoms with Gasteiger partial charge in [-0.3, -0.25) is 4.79 Å². The van der Waals surface area contributed by atoms with Gasteiger partial charge in [-0.2, -0.15) is 13.4 Å². The number of nitrogens with one attached hydrogen (secondary N) is 1. The smallest absolute Gasteiger partial charge is 0.281 e. The van der Waals surface area contributed by atoms with Gasteiger partial charge in [0.1, 0.15) is 11.9 Å². The zero-order valence-corrected chi connectivity index (χ0v) is 20.4. The van der Waals surface area contributed by atoms with Crippen molar-refractivity contribution in [3.05, 3.63) is 42.1 Å². The van der Waals surface area contributed by atoms with Gasteiger partial charge >= 0.3 is 0 Å². The highest BCUT2D eigenvalue weighted by atomic mass is 32.2. The fraction of sp³-hybridized carbons (Fsp3) is 0.542. The summed E-state index contributed by atoms with van der Waals surface area (Å²) in [4.78, 5) is 23.8. The molecule has 9 heteroatoms. The molecule has 2 aliphatic rings. The molecule has 178 valence electrons. The van der Waals surface area contributed by atoms with Crippen LogP contribution in [0.3, 0.4) is 0 Å². The van der Waals surface area contributed by atoms with E-state index in [1.165, 1.54) is 6.07 Å². The van der Waals surface area contributed by atoms with Crippen molar-refractivity contribution in [3.8, 4) is 5.88 Å². The van der Waals surface area contributed by atoms with E-state index in [0.29, 0.717) is 17.7 Å². The molecular weight excluding hydrogens is 440 g/mol. The van der Waals surface area contributed by atoms with Gasteiger partial charge < -0.3 is 9.64 Å². The zero-order chi connectivity index (χ0) is 23.8. The standard InChI is InChI=1S/C24H32N4O4S/c1-16-14-24(3,4)28(15-16)22-18(9-7-13-25-22)23(29)27-33(30,31)21-12-6-11-20(26-21)32-19-10-5-8-17(19)2/h6-7,9,11-13,16-17,19H,5,8,10,14-15H2,1-4H3,(H,27,29)/t16?,17-,19+/m0/s1. The van der Waals surface area contributed by atoms with Crippen molar-refractivity contribution >= 4 is 21.7 Å². The van der Waals surface area contributed by atoms with E-state index < -0.39 is 15.9 Å². The summed E-state index contributed by atoms with van der Waals surface area (Å²) in [6.07, 6.45) is 5.68. The molecule has 0 bridgehead atoms. The Hall–Kier alpha value is -2.68. The fourth-order valence-corrected chi connectivity index (χ4v) is 5.96. The summed E-state index contributed by atoms with van der Waals surface area (Å²) in [6.45, 7) is 9.22. The van der Waals surface area contributed by atoms with Crippen LogP contribution in [0.15, 0.2) is 41.6 Å². The zero-order valence-electron chi connectivity index (χ0n) is 19.6. The predicted octanol–water partition coefficient (Wildman–Crippen LogP) is 3.79. The third-order valence-corrected chi connectivity index (χ3v) is 7.85. The summed E-state index contributed by atoms with van der Waals surface area (Å²) >= 11 is 0. The molecule has 2 aromatic rings. The molecule has 8 nitrogen and oxygen atoms in total. The molecule has 0 spiro atoms. The van der Waals surface area contributed by atoms with E-state index in [4.69, 9.17) is 4.74 Å². The molecule has 33 heavy (non-hydrogen) atoms. The van der Waals surface area contributed by atoms with Crippen molar-refractivity contribution in [3.63, 3.8) is 0 Å². The van der Waals surface area contributed by atoms with Crippen LogP contribution in [0.25, 0.3) is 0 Å². The molecule has 1 aliphatic heterocycles. The molecule has 4 rings (SSSR count). The Morgan fingerprint density at radius 3 is 2.64 bits per heavy atom. The van der Waals surface area contributed by atoms with Crippen molar-refractivity contribution in [1.82, 2.24) is 14.7 Å². The first-order chi connectivity index (χ1) is 15.6. The Bertz CT molecular complexity index is 1130. The molecule has 1 saturated carbocycles. The number of carbonyl (C=O) groups is 1. The van der Waals surface area contributed by atoms with Crippen molar-refractivity contribution in [2.75, 3.05) is 11.4 Å². The number of carbonyl (C=O) groups excluding carboxylic acids is 1. The van der Waals surface area contributed by atoms with Crippen LogP contribution in [0.5, 0.6) is 5.88 Å². The molecule has 2 fully saturated rings. The SMILES string of the molecule is CC1CN(c2ncccc2C(=O)NS(=O)(=O)c2cccc(O[C@@H]3CCC[C@@H]3C)n2)C(C)(C)C1. The van der Waals surface area contributed by atoms with Crippen LogP contribution in [0, 0.1) is 11.8 Å². The lowest BCUT2D eigenvalue weighted by Gasteiger charge is -2.33. The number of hydrogen-bond donors (Lipinski definition) is 1. The molecule has 1 N–H and O–H groups in total. The number of pyridine rings is 2. The molecular formula is C24H32N4O4S. The van der Waals surface area contributed by atoms with Gasteiger partial charge in [0.05, 0.1) is 5.56 Å². The van der Waals surface area contributed by atoms with Gasteiger partial charge in [0, 0.05) is 24.3 Å². The number of rotatable bonds is 6. The largest absolute Gasteiger partial charge is 0.474 e. The van der Waals surface area contributed by atoms with Crippen LogP contribution in [0.2, 0.25) is 0 Å². The lowest BCUT2D eigenvalue weighted by molar-refractivity contribution is 0.0981. The summed E-state index contributed by atoms with van der Waals surface area (Å²) in [5.41, 5.74) is 0.0298. The van der Waals surface area contributed by atoms with Crippen LogP contribution < -0.4 is 14.4 Å². The van der Waals surface area contributed by atoms with Crippen LogP contribution in [-0.4, -0.2) is 42.5 Å². The Labute approximate surface area is 195 Å². The van der Waals surface area contributed by atoms with Gasteiger partial charge in [-0.25, -0.2) is 9.71 Å². The first-order valence-electron chi connectivity index (χ1n) is 11.5. The second-order valence-corrected chi connectivity index (χ2v) is 11.5. The second kappa shape index (κ2) is 8.93. The maximum Gasteiger partial charge on any atom is 0.281 e. The van der Waals surface area contributed by atoms with E-state index in [9.17, 15) is 13.2 Å². The fourth-order valence-electron chi connectivity index (χ4n) is 5.03. The first-order valence-corrected chi connectivity index (χ1v) is 13.0. The topological polar surface area (TPSA) is 101 Å². The minimum absolute atomic E-state index is 0.0224. The molecule has 0 radical (unpaired) electrons. The number of aromatic nitrogens is 2. The lowest BCUT2D eigenvalue weighted by Crippen LogP contribution is -2.41.